The van der Waals surface area contributed by atoms with Crippen molar-refractivity contribution in [3.8, 4) is 11.5 Å². The van der Waals surface area contributed by atoms with Crippen LogP contribution in [-0.2, 0) is 0 Å². The molecule has 0 aromatic heterocycles. The molecule has 0 saturated heterocycles. The largest absolute Gasteiger partial charge is 0.504 e. The topological polar surface area (TPSA) is 86.8 Å². The van der Waals surface area contributed by atoms with Gasteiger partial charge in [-0.25, -0.2) is 0 Å². The molecule has 104 valence electrons. The van der Waals surface area contributed by atoms with Crippen molar-refractivity contribution in [2.75, 3.05) is 17.7 Å². The Hall–Kier alpha value is -2.40. The molecule has 0 unspecified atom stereocenters. The van der Waals surface area contributed by atoms with Crippen molar-refractivity contribution in [2.45, 2.75) is 0 Å². The van der Waals surface area contributed by atoms with Crippen LogP contribution in [-0.4, -0.2) is 23.2 Å². The number of nitrogens with two attached hydrogens (primary N) is 1. The van der Waals surface area contributed by atoms with Gasteiger partial charge in [0.2, 0.25) is 0 Å². The number of amides is 1. The van der Waals surface area contributed by atoms with E-state index in [4.69, 9.17) is 17.3 Å². The molecule has 0 saturated carbocycles. The molecule has 2 aromatic carbocycles. The third-order valence-electron chi connectivity index (χ3n) is 2.88. The van der Waals surface area contributed by atoms with E-state index in [-0.39, 0.29) is 23.0 Å². The predicted molar refractivity (Wildman–Crippen MR) is 78.4 cm³/mol. The Kier molecular flexibility index (Phi) is 3.72. The van der Waals surface area contributed by atoms with Crippen molar-refractivity contribution in [1.82, 2.24) is 0 Å². The summed E-state index contributed by atoms with van der Waals surface area (Å²) >= 11 is 5.89. The SMILES string of the molecule is CN(C(=O)c1ccc(O)c(O)c1)c1cc(Cl)ccc1N. The zero-order valence-electron chi connectivity index (χ0n) is 10.7. The highest BCUT2D eigenvalue weighted by Gasteiger charge is 2.17. The highest BCUT2D eigenvalue weighted by molar-refractivity contribution is 6.31. The van der Waals surface area contributed by atoms with Crippen LogP contribution in [0, 0.1) is 0 Å². The monoisotopic (exact) mass is 292 g/mol. The second-order valence-corrected chi connectivity index (χ2v) is 4.71. The maximum absolute atomic E-state index is 12.3. The van der Waals surface area contributed by atoms with Crippen molar-refractivity contribution in [2.24, 2.45) is 0 Å². The normalized spacial score (nSPS) is 10.3. The molecule has 0 aliphatic heterocycles. The second-order valence-electron chi connectivity index (χ2n) is 4.27. The molecule has 0 bridgehead atoms. The van der Waals surface area contributed by atoms with Gasteiger partial charge in [-0.1, -0.05) is 11.6 Å². The zero-order valence-corrected chi connectivity index (χ0v) is 11.4. The first kappa shape index (κ1) is 14.0. The molecule has 0 aliphatic rings. The smallest absolute Gasteiger partial charge is 0.258 e. The van der Waals surface area contributed by atoms with E-state index in [2.05, 4.69) is 0 Å². The molecule has 0 atom stereocenters. The molecule has 0 spiro atoms. The fraction of sp³-hybridized carbons (Fsp3) is 0.0714. The summed E-state index contributed by atoms with van der Waals surface area (Å²) in [5.74, 6) is -1.02. The van der Waals surface area contributed by atoms with Gasteiger partial charge in [-0.15, -0.1) is 0 Å². The molecule has 0 heterocycles. The van der Waals surface area contributed by atoms with Crippen LogP contribution in [0.1, 0.15) is 10.4 Å². The fourth-order valence-corrected chi connectivity index (χ4v) is 1.93. The number of phenols is 2. The number of carbonyl (C=O) groups excluding carboxylic acids is 1. The molecular weight excluding hydrogens is 280 g/mol. The number of aromatic hydroxyl groups is 2. The summed E-state index contributed by atoms with van der Waals surface area (Å²) in [6, 6.07) is 8.66. The van der Waals surface area contributed by atoms with Crippen LogP contribution in [0.4, 0.5) is 11.4 Å². The number of halogens is 1. The molecule has 5 nitrogen and oxygen atoms in total. The number of carbonyl (C=O) groups is 1. The van der Waals surface area contributed by atoms with Crippen LogP contribution in [0.15, 0.2) is 36.4 Å². The van der Waals surface area contributed by atoms with Crippen LogP contribution in [0.5, 0.6) is 11.5 Å². The zero-order chi connectivity index (χ0) is 14.9. The number of anilines is 2. The molecule has 0 radical (unpaired) electrons. The number of nitrogens with zero attached hydrogens (tertiary/aromatic N) is 1. The first-order chi connectivity index (χ1) is 9.40. The highest BCUT2D eigenvalue weighted by atomic mass is 35.5. The predicted octanol–water partition coefficient (Wildman–Crippen LogP) is 2.61. The summed E-state index contributed by atoms with van der Waals surface area (Å²) in [6.45, 7) is 0. The summed E-state index contributed by atoms with van der Waals surface area (Å²) in [4.78, 5) is 13.6. The van der Waals surface area contributed by atoms with E-state index < -0.39 is 0 Å². The molecule has 6 heteroatoms. The van der Waals surface area contributed by atoms with E-state index >= 15 is 0 Å². The number of hydrogen-bond acceptors (Lipinski definition) is 4. The van der Waals surface area contributed by atoms with Gasteiger partial charge in [-0.3, -0.25) is 4.79 Å². The van der Waals surface area contributed by atoms with E-state index in [0.29, 0.717) is 16.4 Å². The fourth-order valence-electron chi connectivity index (χ4n) is 1.77. The van der Waals surface area contributed by atoms with Gasteiger partial charge in [0, 0.05) is 17.6 Å². The quantitative estimate of drug-likeness (QED) is 0.586. The number of hydrogen-bond donors (Lipinski definition) is 3. The van der Waals surface area contributed by atoms with Gasteiger partial charge in [0.25, 0.3) is 5.91 Å². The van der Waals surface area contributed by atoms with Gasteiger partial charge >= 0.3 is 0 Å². The maximum Gasteiger partial charge on any atom is 0.258 e. The molecular formula is C14H13ClN2O3. The van der Waals surface area contributed by atoms with Crippen LogP contribution >= 0.6 is 11.6 Å². The lowest BCUT2D eigenvalue weighted by Crippen LogP contribution is -2.27. The summed E-state index contributed by atoms with van der Waals surface area (Å²) in [6.07, 6.45) is 0. The third kappa shape index (κ3) is 2.62. The Morgan fingerprint density at radius 3 is 2.50 bits per heavy atom. The van der Waals surface area contributed by atoms with Crippen molar-refractivity contribution in [1.29, 1.82) is 0 Å². The number of phenolic OH excluding ortho intramolecular Hbond substituents is 2. The Labute approximate surface area is 120 Å². The molecule has 20 heavy (non-hydrogen) atoms. The molecule has 0 aliphatic carbocycles. The van der Waals surface area contributed by atoms with Gasteiger partial charge in [-0.2, -0.15) is 0 Å². The highest BCUT2D eigenvalue weighted by Crippen LogP contribution is 2.29. The van der Waals surface area contributed by atoms with Crippen molar-refractivity contribution < 1.29 is 15.0 Å². The Morgan fingerprint density at radius 1 is 1.15 bits per heavy atom. The second kappa shape index (κ2) is 5.30. The van der Waals surface area contributed by atoms with Gasteiger partial charge in [0.1, 0.15) is 0 Å². The Morgan fingerprint density at radius 2 is 1.85 bits per heavy atom. The first-order valence-corrected chi connectivity index (χ1v) is 6.13. The van der Waals surface area contributed by atoms with Crippen molar-refractivity contribution >= 4 is 28.9 Å². The average molecular weight is 293 g/mol. The lowest BCUT2D eigenvalue weighted by Gasteiger charge is -2.19. The van der Waals surface area contributed by atoms with Crippen molar-refractivity contribution in [3.05, 3.63) is 47.0 Å². The van der Waals surface area contributed by atoms with E-state index in [1.807, 2.05) is 0 Å². The molecule has 2 rings (SSSR count). The van der Waals surface area contributed by atoms with Gasteiger partial charge in [0.05, 0.1) is 11.4 Å². The number of nitrogen functional groups attached to an aromatic ring is 1. The summed E-state index contributed by atoms with van der Waals surface area (Å²) in [7, 11) is 1.55. The van der Waals surface area contributed by atoms with Crippen molar-refractivity contribution in [3.63, 3.8) is 0 Å². The minimum absolute atomic E-state index is 0.224. The van der Waals surface area contributed by atoms with E-state index in [9.17, 15) is 15.0 Å². The van der Waals surface area contributed by atoms with Crippen LogP contribution in [0.3, 0.4) is 0 Å². The van der Waals surface area contributed by atoms with Gasteiger partial charge in [-0.05, 0) is 36.4 Å². The number of rotatable bonds is 2. The summed E-state index contributed by atoms with van der Waals surface area (Å²) < 4.78 is 0. The Balaban J connectivity index is 2.37. The summed E-state index contributed by atoms with van der Waals surface area (Å²) in [5, 5.41) is 19.1. The molecule has 4 N–H and O–H groups in total. The third-order valence-corrected chi connectivity index (χ3v) is 3.12. The maximum atomic E-state index is 12.3. The minimum atomic E-state index is -0.380. The van der Waals surface area contributed by atoms with Gasteiger partial charge < -0.3 is 20.8 Å². The first-order valence-electron chi connectivity index (χ1n) is 5.75. The van der Waals surface area contributed by atoms with Crippen LogP contribution < -0.4 is 10.6 Å². The average Bonchev–Trinajstić information content (AvgIpc) is 2.43. The summed E-state index contributed by atoms with van der Waals surface area (Å²) in [5.41, 5.74) is 6.92. The lowest BCUT2D eigenvalue weighted by atomic mass is 10.1. The number of benzene rings is 2. The molecule has 1 amide bonds. The van der Waals surface area contributed by atoms with Crippen LogP contribution in [0.25, 0.3) is 0 Å². The van der Waals surface area contributed by atoms with E-state index in [1.165, 1.54) is 23.1 Å². The van der Waals surface area contributed by atoms with E-state index in [0.717, 1.165) is 0 Å². The van der Waals surface area contributed by atoms with E-state index in [1.54, 1.807) is 25.2 Å². The molecule has 0 fully saturated rings. The van der Waals surface area contributed by atoms with Crippen LogP contribution in [0.2, 0.25) is 5.02 Å². The molecule has 2 aromatic rings. The van der Waals surface area contributed by atoms with Gasteiger partial charge in [0.15, 0.2) is 11.5 Å². The Bertz CT molecular complexity index is 673. The standard InChI is InChI=1S/C14H13ClN2O3/c1-17(11-7-9(15)3-4-10(11)16)14(20)8-2-5-12(18)13(19)6-8/h2-7,18-19H,16H2,1H3. The lowest BCUT2D eigenvalue weighted by molar-refractivity contribution is 0.0992. The minimum Gasteiger partial charge on any atom is -0.504 e.